The molecule has 0 amide bonds. The molecule has 0 saturated carbocycles. The van der Waals surface area contributed by atoms with Gasteiger partial charge in [-0.25, -0.2) is 0 Å². The van der Waals surface area contributed by atoms with Crippen molar-refractivity contribution in [3.63, 3.8) is 0 Å². The van der Waals surface area contributed by atoms with Crippen LogP contribution >= 0.6 is 0 Å². The van der Waals surface area contributed by atoms with Gasteiger partial charge in [-0.1, -0.05) is 18.2 Å². The highest BCUT2D eigenvalue weighted by Gasteiger charge is 2.29. The van der Waals surface area contributed by atoms with E-state index in [4.69, 9.17) is 4.74 Å². The molecule has 1 atom stereocenters. The van der Waals surface area contributed by atoms with Crippen molar-refractivity contribution >= 4 is 16.9 Å². The van der Waals surface area contributed by atoms with Crippen molar-refractivity contribution < 1.29 is 14.7 Å². The van der Waals surface area contributed by atoms with E-state index in [-0.39, 0.29) is 12.0 Å². The lowest BCUT2D eigenvalue weighted by Crippen LogP contribution is -2.42. The van der Waals surface area contributed by atoms with Crippen molar-refractivity contribution in [2.24, 2.45) is 0 Å². The van der Waals surface area contributed by atoms with E-state index in [2.05, 4.69) is 5.32 Å². The zero-order chi connectivity index (χ0) is 12.7. The van der Waals surface area contributed by atoms with Crippen LogP contribution in [-0.2, 0) is 22.5 Å². The number of ether oxygens (including phenoxy) is 1. The number of methoxy groups -OCH3 is 1. The van der Waals surface area contributed by atoms with Crippen molar-refractivity contribution in [1.29, 1.82) is 0 Å². The number of hydrogen-bond acceptors (Lipinski definition) is 4. The summed E-state index contributed by atoms with van der Waals surface area (Å²) < 4.78 is 5.95. The van der Waals surface area contributed by atoms with E-state index in [1.165, 1.54) is 11.8 Å². The molecule has 1 aliphatic heterocycles. The topological polar surface area (TPSA) is 63.5 Å². The van der Waals surface area contributed by atoms with Crippen LogP contribution in [0.4, 0.5) is 0 Å². The summed E-state index contributed by atoms with van der Waals surface area (Å²) >= 11 is 0. The molecule has 0 saturated heterocycles. The second kappa shape index (κ2) is 4.03. The fourth-order valence-corrected chi connectivity index (χ4v) is 2.56. The molecule has 94 valence electrons. The lowest BCUT2D eigenvalue weighted by molar-refractivity contribution is -0.143. The molecule has 0 unspecified atom stereocenters. The molecule has 5 heteroatoms. The van der Waals surface area contributed by atoms with E-state index in [1.807, 2.05) is 24.3 Å². The van der Waals surface area contributed by atoms with Gasteiger partial charge in [-0.3, -0.25) is 10.1 Å². The number of nitrogens with zero attached hydrogens (tertiary/aromatic N) is 1. The summed E-state index contributed by atoms with van der Waals surface area (Å²) in [5, 5.41) is 14.1. The van der Waals surface area contributed by atoms with Crippen molar-refractivity contribution in [3.05, 3.63) is 35.5 Å². The third-order valence-electron chi connectivity index (χ3n) is 3.47. The number of nitrogens with one attached hydrogen (secondary N) is 1. The molecule has 18 heavy (non-hydrogen) atoms. The van der Waals surface area contributed by atoms with Gasteiger partial charge in [0.15, 0.2) is 0 Å². The SMILES string of the molecule is COC(=O)[C@@H]1Cc2c(n(O)c3ccccc23)CN1. The molecule has 3 rings (SSSR count). The van der Waals surface area contributed by atoms with Gasteiger partial charge in [0.05, 0.1) is 18.3 Å². The third kappa shape index (κ3) is 1.48. The molecule has 2 N–H and O–H groups in total. The molecule has 0 radical (unpaired) electrons. The summed E-state index contributed by atoms with van der Waals surface area (Å²) in [6, 6.07) is 7.29. The van der Waals surface area contributed by atoms with Gasteiger partial charge in [-0.15, -0.1) is 0 Å². The van der Waals surface area contributed by atoms with E-state index in [0.717, 1.165) is 22.2 Å². The number of rotatable bonds is 1. The molecule has 5 nitrogen and oxygen atoms in total. The number of carbonyl (C=O) groups excluding carboxylic acids is 1. The molecule has 0 fully saturated rings. The standard InChI is InChI=1S/C13H14N2O3/c1-18-13(16)10-6-9-8-4-2-3-5-11(8)15(17)12(9)7-14-10/h2-5,10,14,17H,6-7H2,1H3/t10-/m0/s1. The summed E-state index contributed by atoms with van der Waals surface area (Å²) in [4.78, 5) is 11.6. The predicted octanol–water partition coefficient (Wildman–Crippen LogP) is 1.07. The Bertz CT molecular complexity index is 618. The summed E-state index contributed by atoms with van der Waals surface area (Å²) in [6.45, 7) is 0.459. The first-order valence-electron chi connectivity index (χ1n) is 5.84. The number of para-hydroxylation sites is 1. The van der Waals surface area contributed by atoms with Gasteiger partial charge < -0.3 is 9.94 Å². The van der Waals surface area contributed by atoms with Gasteiger partial charge in [0.1, 0.15) is 6.04 Å². The van der Waals surface area contributed by atoms with E-state index in [1.54, 1.807) is 0 Å². The van der Waals surface area contributed by atoms with Crippen LogP contribution in [0, 0.1) is 0 Å². The van der Waals surface area contributed by atoms with Crippen LogP contribution in [0.5, 0.6) is 0 Å². The van der Waals surface area contributed by atoms with Gasteiger partial charge in [0, 0.05) is 18.4 Å². The highest BCUT2D eigenvalue weighted by Crippen LogP contribution is 2.28. The highest BCUT2D eigenvalue weighted by molar-refractivity contribution is 5.87. The Labute approximate surface area is 104 Å². The molecule has 0 bridgehead atoms. The summed E-state index contributed by atoms with van der Waals surface area (Å²) in [5.74, 6) is -0.268. The maximum atomic E-state index is 11.6. The first-order valence-corrected chi connectivity index (χ1v) is 5.84. The maximum absolute atomic E-state index is 11.6. The summed E-state index contributed by atoms with van der Waals surface area (Å²) in [7, 11) is 1.38. The van der Waals surface area contributed by atoms with E-state index >= 15 is 0 Å². The Hall–Kier alpha value is -2.01. The Morgan fingerprint density at radius 3 is 3.06 bits per heavy atom. The highest BCUT2D eigenvalue weighted by atomic mass is 16.5. The van der Waals surface area contributed by atoms with Gasteiger partial charge >= 0.3 is 5.97 Å². The van der Waals surface area contributed by atoms with Crippen LogP contribution in [-0.4, -0.2) is 29.1 Å². The van der Waals surface area contributed by atoms with Crippen LogP contribution in [0.1, 0.15) is 11.3 Å². The molecule has 0 spiro atoms. The second-order valence-corrected chi connectivity index (χ2v) is 4.41. The first kappa shape index (κ1) is 11.1. The smallest absolute Gasteiger partial charge is 0.323 e. The van der Waals surface area contributed by atoms with Crippen molar-refractivity contribution in [1.82, 2.24) is 10.0 Å². The van der Waals surface area contributed by atoms with Gasteiger partial charge in [0.25, 0.3) is 0 Å². The fourth-order valence-electron chi connectivity index (χ4n) is 2.56. The third-order valence-corrected chi connectivity index (χ3v) is 3.47. The number of aromatic nitrogens is 1. The van der Waals surface area contributed by atoms with Gasteiger partial charge in [-0.05, 0) is 11.6 Å². The predicted molar refractivity (Wildman–Crippen MR) is 65.5 cm³/mol. The average Bonchev–Trinajstić information content (AvgIpc) is 2.72. The van der Waals surface area contributed by atoms with Crippen LogP contribution < -0.4 is 5.32 Å². The first-order chi connectivity index (χ1) is 8.72. The van der Waals surface area contributed by atoms with E-state index < -0.39 is 0 Å². The van der Waals surface area contributed by atoms with E-state index in [9.17, 15) is 10.0 Å². The van der Waals surface area contributed by atoms with Crippen molar-refractivity contribution in [3.8, 4) is 0 Å². The minimum Gasteiger partial charge on any atom is -0.468 e. The molecular formula is C13H14N2O3. The Morgan fingerprint density at radius 1 is 1.50 bits per heavy atom. The monoisotopic (exact) mass is 246 g/mol. The van der Waals surface area contributed by atoms with Crippen LogP contribution in [0.15, 0.2) is 24.3 Å². The molecule has 2 aromatic rings. The number of fused-ring (bicyclic) bond motifs is 3. The van der Waals surface area contributed by atoms with Crippen LogP contribution in [0.25, 0.3) is 10.9 Å². The normalized spacial score (nSPS) is 18.6. The molecule has 1 aromatic carbocycles. The molecule has 2 heterocycles. The largest absolute Gasteiger partial charge is 0.468 e. The second-order valence-electron chi connectivity index (χ2n) is 4.41. The molecule has 0 aliphatic carbocycles. The molecule has 1 aliphatic rings. The van der Waals surface area contributed by atoms with E-state index in [0.29, 0.717) is 13.0 Å². The van der Waals surface area contributed by atoms with Crippen LogP contribution in [0.2, 0.25) is 0 Å². The molecule has 1 aromatic heterocycles. The average molecular weight is 246 g/mol. The summed E-state index contributed by atoms with van der Waals surface area (Å²) in [6.07, 6.45) is 0.538. The van der Waals surface area contributed by atoms with Gasteiger partial charge in [0.2, 0.25) is 0 Å². The lowest BCUT2D eigenvalue weighted by atomic mass is 9.99. The maximum Gasteiger partial charge on any atom is 0.323 e. The fraction of sp³-hybridized carbons (Fsp3) is 0.308. The Kier molecular flexibility index (Phi) is 2.48. The zero-order valence-electron chi connectivity index (χ0n) is 10.0. The molecular weight excluding hydrogens is 232 g/mol. The number of esters is 1. The number of benzene rings is 1. The Balaban J connectivity index is 2.10. The Morgan fingerprint density at radius 2 is 2.28 bits per heavy atom. The van der Waals surface area contributed by atoms with Crippen molar-refractivity contribution in [2.75, 3.05) is 7.11 Å². The summed E-state index contributed by atoms with van der Waals surface area (Å²) in [5.41, 5.74) is 2.61. The van der Waals surface area contributed by atoms with Crippen LogP contribution in [0.3, 0.4) is 0 Å². The lowest BCUT2D eigenvalue weighted by Gasteiger charge is -2.22. The quantitative estimate of drug-likeness (QED) is 0.583. The van der Waals surface area contributed by atoms with Crippen molar-refractivity contribution in [2.45, 2.75) is 19.0 Å². The number of carbonyl (C=O) groups is 1. The zero-order valence-corrected chi connectivity index (χ0v) is 10.0. The minimum atomic E-state index is -0.340. The minimum absolute atomic E-state index is 0.268. The number of hydrogen-bond donors (Lipinski definition) is 2. The van der Waals surface area contributed by atoms with Gasteiger partial charge in [-0.2, -0.15) is 4.73 Å².